The molecule has 1 aliphatic heterocycles. The average molecular weight is 346 g/mol. The van der Waals surface area contributed by atoms with Gasteiger partial charge >= 0.3 is 0 Å². The fourth-order valence-electron chi connectivity index (χ4n) is 3.25. The van der Waals surface area contributed by atoms with E-state index in [0.717, 1.165) is 43.8 Å². The molecule has 0 bridgehead atoms. The van der Waals surface area contributed by atoms with Crippen molar-refractivity contribution in [3.8, 4) is 11.5 Å². The predicted octanol–water partition coefficient (Wildman–Crippen LogP) is 4.33. The minimum atomic E-state index is -0.907. The van der Waals surface area contributed by atoms with Crippen LogP contribution in [0.15, 0.2) is 42.5 Å². The van der Waals surface area contributed by atoms with E-state index in [4.69, 9.17) is 4.74 Å². The van der Waals surface area contributed by atoms with Gasteiger partial charge in [0.15, 0.2) is 11.6 Å². The molecule has 1 atom stereocenters. The second-order valence-electron chi connectivity index (χ2n) is 6.70. The molecule has 1 fully saturated rings. The van der Waals surface area contributed by atoms with Gasteiger partial charge in [0.1, 0.15) is 11.5 Å². The summed E-state index contributed by atoms with van der Waals surface area (Å²) < 4.78 is 32.4. The first kappa shape index (κ1) is 17.8. The summed E-state index contributed by atoms with van der Waals surface area (Å²) in [6.45, 7) is 7.17. The number of rotatable bonds is 6. The average Bonchev–Trinajstić information content (AvgIpc) is 3.11. The third-order valence-electron chi connectivity index (χ3n) is 4.61. The minimum absolute atomic E-state index is 0.296. The van der Waals surface area contributed by atoms with Crippen molar-refractivity contribution in [2.75, 3.05) is 13.1 Å². The lowest BCUT2D eigenvalue weighted by molar-refractivity contribution is 0.153. The lowest BCUT2D eigenvalue weighted by Crippen LogP contribution is -2.41. The van der Waals surface area contributed by atoms with E-state index in [1.54, 1.807) is 0 Å². The Morgan fingerprint density at radius 2 is 1.96 bits per heavy atom. The van der Waals surface area contributed by atoms with Gasteiger partial charge in [0.2, 0.25) is 0 Å². The van der Waals surface area contributed by atoms with Crippen LogP contribution in [0.1, 0.15) is 25.8 Å². The van der Waals surface area contributed by atoms with Gasteiger partial charge in [-0.15, -0.1) is 0 Å². The zero-order chi connectivity index (χ0) is 17.8. The van der Waals surface area contributed by atoms with Crippen LogP contribution in [0.4, 0.5) is 8.78 Å². The molecule has 2 aromatic rings. The van der Waals surface area contributed by atoms with Gasteiger partial charge < -0.3 is 10.1 Å². The number of ether oxygens (including phenoxy) is 1. The second kappa shape index (κ2) is 7.93. The third-order valence-corrected chi connectivity index (χ3v) is 4.61. The highest BCUT2D eigenvalue weighted by molar-refractivity contribution is 5.38. The van der Waals surface area contributed by atoms with E-state index in [9.17, 15) is 8.78 Å². The van der Waals surface area contributed by atoms with Crippen molar-refractivity contribution in [3.63, 3.8) is 0 Å². The smallest absolute Gasteiger partial charge is 0.162 e. The van der Waals surface area contributed by atoms with Crippen LogP contribution in [0.2, 0.25) is 0 Å². The summed E-state index contributed by atoms with van der Waals surface area (Å²) in [6, 6.07) is 12.2. The van der Waals surface area contributed by atoms with Crippen molar-refractivity contribution in [1.29, 1.82) is 0 Å². The molecule has 0 saturated carbocycles. The molecule has 0 spiro atoms. The molecule has 0 radical (unpaired) electrons. The monoisotopic (exact) mass is 346 g/mol. The molecule has 3 nitrogen and oxygen atoms in total. The molecule has 0 aliphatic carbocycles. The van der Waals surface area contributed by atoms with Crippen molar-refractivity contribution in [2.24, 2.45) is 0 Å². The summed E-state index contributed by atoms with van der Waals surface area (Å²) in [5.74, 6) is -0.814. The Morgan fingerprint density at radius 3 is 2.64 bits per heavy atom. The van der Waals surface area contributed by atoms with E-state index in [1.807, 2.05) is 24.3 Å². The molecular formula is C20H24F2N2O. The Hall–Kier alpha value is -1.98. The topological polar surface area (TPSA) is 24.5 Å². The van der Waals surface area contributed by atoms with Crippen LogP contribution in [0.25, 0.3) is 0 Å². The number of nitrogens with one attached hydrogen (secondary N) is 1. The van der Waals surface area contributed by atoms with Gasteiger partial charge in [0.25, 0.3) is 0 Å². The molecule has 1 N–H and O–H groups in total. The Balaban J connectivity index is 1.80. The summed E-state index contributed by atoms with van der Waals surface area (Å²) in [5, 5.41) is 3.41. The standard InChI is InChI=1S/C20H24F2N2O/c1-14(2)24(16-9-10-23-12-16)13-15-5-3-4-6-20(15)25-17-7-8-18(21)19(22)11-17/h3-8,11,14,16,23H,9-10,12-13H2,1-2H3/t16-/m0/s1. The number of nitrogens with zero attached hydrogens (tertiary/aromatic N) is 1. The SMILES string of the molecule is CC(C)N(Cc1ccccc1Oc1ccc(F)c(F)c1)[C@H]1CCNC1. The summed E-state index contributed by atoms with van der Waals surface area (Å²) in [4.78, 5) is 2.45. The van der Waals surface area contributed by atoms with Crippen LogP contribution in [0, 0.1) is 11.6 Å². The summed E-state index contributed by atoms with van der Waals surface area (Å²) in [7, 11) is 0. The number of halogens is 2. The molecule has 5 heteroatoms. The Bertz CT molecular complexity index is 715. The van der Waals surface area contributed by atoms with Crippen LogP contribution in [-0.4, -0.2) is 30.1 Å². The zero-order valence-corrected chi connectivity index (χ0v) is 14.6. The number of hydrogen-bond acceptors (Lipinski definition) is 3. The normalized spacial score (nSPS) is 17.4. The fraction of sp³-hybridized carbons (Fsp3) is 0.400. The lowest BCUT2D eigenvalue weighted by atomic mass is 10.1. The predicted molar refractivity (Wildman–Crippen MR) is 94.8 cm³/mol. The van der Waals surface area contributed by atoms with Gasteiger partial charge in [-0.3, -0.25) is 4.90 Å². The van der Waals surface area contributed by atoms with Crippen LogP contribution in [0.3, 0.4) is 0 Å². The van der Waals surface area contributed by atoms with Crippen molar-refractivity contribution in [2.45, 2.75) is 38.9 Å². The summed E-state index contributed by atoms with van der Waals surface area (Å²) in [5.41, 5.74) is 1.04. The van der Waals surface area contributed by atoms with E-state index in [1.165, 1.54) is 6.07 Å². The third kappa shape index (κ3) is 4.35. The van der Waals surface area contributed by atoms with E-state index in [2.05, 4.69) is 24.1 Å². The van der Waals surface area contributed by atoms with Crippen LogP contribution in [-0.2, 0) is 6.54 Å². The quantitative estimate of drug-likeness (QED) is 0.843. The maximum atomic E-state index is 13.4. The molecule has 1 heterocycles. The molecule has 3 rings (SSSR count). The molecule has 1 saturated heterocycles. The lowest BCUT2D eigenvalue weighted by Gasteiger charge is -2.32. The maximum absolute atomic E-state index is 13.4. The van der Waals surface area contributed by atoms with Gasteiger partial charge in [-0.25, -0.2) is 8.78 Å². The Labute approximate surface area is 147 Å². The van der Waals surface area contributed by atoms with Crippen molar-refractivity contribution < 1.29 is 13.5 Å². The van der Waals surface area contributed by atoms with Gasteiger partial charge in [-0.05, 0) is 45.0 Å². The number of benzene rings is 2. The van der Waals surface area contributed by atoms with Crippen molar-refractivity contribution >= 4 is 0 Å². The van der Waals surface area contributed by atoms with Crippen molar-refractivity contribution in [1.82, 2.24) is 10.2 Å². The first-order valence-electron chi connectivity index (χ1n) is 8.72. The molecule has 134 valence electrons. The molecule has 25 heavy (non-hydrogen) atoms. The first-order valence-corrected chi connectivity index (χ1v) is 8.72. The Kier molecular flexibility index (Phi) is 5.66. The Morgan fingerprint density at radius 1 is 1.16 bits per heavy atom. The molecular weight excluding hydrogens is 322 g/mol. The molecule has 2 aromatic carbocycles. The van der Waals surface area contributed by atoms with E-state index >= 15 is 0 Å². The highest BCUT2D eigenvalue weighted by Crippen LogP contribution is 2.28. The highest BCUT2D eigenvalue weighted by Gasteiger charge is 2.25. The molecule has 1 aliphatic rings. The first-order chi connectivity index (χ1) is 12.0. The van der Waals surface area contributed by atoms with E-state index < -0.39 is 11.6 Å². The summed E-state index contributed by atoms with van der Waals surface area (Å²) in [6.07, 6.45) is 1.13. The van der Waals surface area contributed by atoms with Crippen LogP contribution >= 0.6 is 0 Å². The number of para-hydroxylation sites is 1. The molecule has 0 amide bonds. The van der Waals surface area contributed by atoms with Gasteiger partial charge in [-0.2, -0.15) is 0 Å². The van der Waals surface area contributed by atoms with Crippen LogP contribution < -0.4 is 10.1 Å². The number of hydrogen-bond donors (Lipinski definition) is 1. The van der Waals surface area contributed by atoms with Crippen LogP contribution in [0.5, 0.6) is 11.5 Å². The largest absolute Gasteiger partial charge is 0.457 e. The minimum Gasteiger partial charge on any atom is -0.457 e. The van der Waals surface area contributed by atoms with Gasteiger partial charge in [0.05, 0.1) is 0 Å². The van der Waals surface area contributed by atoms with Crippen molar-refractivity contribution in [3.05, 3.63) is 59.7 Å². The fourth-order valence-corrected chi connectivity index (χ4v) is 3.25. The second-order valence-corrected chi connectivity index (χ2v) is 6.70. The molecule has 0 aromatic heterocycles. The maximum Gasteiger partial charge on any atom is 0.162 e. The highest BCUT2D eigenvalue weighted by atomic mass is 19.2. The van der Waals surface area contributed by atoms with Gasteiger partial charge in [0, 0.05) is 36.8 Å². The molecule has 0 unspecified atom stereocenters. The van der Waals surface area contributed by atoms with E-state index in [0.29, 0.717) is 23.6 Å². The zero-order valence-electron chi connectivity index (χ0n) is 14.6. The van der Waals surface area contributed by atoms with Gasteiger partial charge in [-0.1, -0.05) is 18.2 Å². The van der Waals surface area contributed by atoms with E-state index in [-0.39, 0.29) is 0 Å². The summed E-state index contributed by atoms with van der Waals surface area (Å²) >= 11 is 0.